The first-order valence-electron chi connectivity index (χ1n) is 7.35. The van der Waals surface area contributed by atoms with Crippen molar-refractivity contribution < 1.29 is 27.9 Å². The van der Waals surface area contributed by atoms with Crippen LogP contribution in [0.1, 0.15) is 22.5 Å². The molecule has 0 aliphatic rings. The number of hydrogen-bond acceptors (Lipinski definition) is 5. The van der Waals surface area contributed by atoms with Gasteiger partial charge in [-0.3, -0.25) is 0 Å². The second kappa shape index (κ2) is 6.71. The number of imidazole rings is 1. The van der Waals surface area contributed by atoms with Crippen molar-refractivity contribution in [2.24, 2.45) is 5.16 Å². The normalized spacial score (nSPS) is 12.7. The van der Waals surface area contributed by atoms with Crippen LogP contribution in [0.4, 0.5) is 17.6 Å². The first-order chi connectivity index (χ1) is 12.3. The van der Waals surface area contributed by atoms with Crippen molar-refractivity contribution in [2.75, 3.05) is 0 Å². The number of aromatic amines is 1. The number of alkyl halides is 3. The highest BCUT2D eigenvalue weighted by molar-refractivity contribution is 6.09. The Morgan fingerprint density at radius 3 is 2.65 bits per heavy atom. The van der Waals surface area contributed by atoms with Crippen LogP contribution in [0.25, 0.3) is 11.2 Å². The van der Waals surface area contributed by atoms with Crippen LogP contribution in [0.5, 0.6) is 0 Å². The second-order valence-corrected chi connectivity index (χ2v) is 5.43. The van der Waals surface area contributed by atoms with E-state index in [4.69, 9.17) is 5.11 Å². The average Bonchev–Trinajstić information content (AvgIpc) is 3.03. The van der Waals surface area contributed by atoms with E-state index in [0.717, 1.165) is 6.07 Å². The van der Waals surface area contributed by atoms with E-state index in [2.05, 4.69) is 20.1 Å². The zero-order valence-corrected chi connectivity index (χ0v) is 13.0. The Hall–Kier alpha value is -3.01. The molecule has 0 saturated heterocycles. The van der Waals surface area contributed by atoms with E-state index in [1.165, 1.54) is 18.3 Å². The Labute approximate surface area is 143 Å². The Morgan fingerprint density at radius 1 is 1.23 bits per heavy atom. The van der Waals surface area contributed by atoms with Gasteiger partial charge in [-0.05, 0) is 23.8 Å². The lowest BCUT2D eigenvalue weighted by atomic mass is 10.00. The van der Waals surface area contributed by atoms with Crippen LogP contribution < -0.4 is 0 Å². The minimum Gasteiger partial charge on any atom is -0.411 e. The van der Waals surface area contributed by atoms with Gasteiger partial charge in [-0.1, -0.05) is 11.2 Å². The van der Waals surface area contributed by atoms with Crippen LogP contribution in [0.3, 0.4) is 0 Å². The highest BCUT2D eigenvalue weighted by Crippen LogP contribution is 2.32. The lowest BCUT2D eigenvalue weighted by Crippen LogP contribution is -2.11. The lowest BCUT2D eigenvalue weighted by molar-refractivity contribution is -0.140. The summed E-state index contributed by atoms with van der Waals surface area (Å²) in [7, 11) is 0. The van der Waals surface area contributed by atoms with Crippen molar-refractivity contribution in [3.63, 3.8) is 0 Å². The lowest BCUT2D eigenvalue weighted by Gasteiger charge is -2.11. The molecule has 2 heterocycles. The number of nitrogens with one attached hydrogen (secondary N) is 1. The molecule has 26 heavy (non-hydrogen) atoms. The fourth-order valence-corrected chi connectivity index (χ4v) is 2.55. The van der Waals surface area contributed by atoms with Gasteiger partial charge in [0.25, 0.3) is 0 Å². The van der Waals surface area contributed by atoms with Crippen molar-refractivity contribution in [1.29, 1.82) is 0 Å². The molecule has 3 rings (SSSR count). The van der Waals surface area contributed by atoms with E-state index in [0.29, 0.717) is 17.1 Å². The number of benzene rings is 1. The van der Waals surface area contributed by atoms with E-state index >= 15 is 0 Å². The fourth-order valence-electron chi connectivity index (χ4n) is 2.55. The van der Waals surface area contributed by atoms with Crippen molar-refractivity contribution in [2.45, 2.75) is 19.2 Å². The molecule has 0 atom stereocenters. The summed E-state index contributed by atoms with van der Waals surface area (Å²) in [6, 6.07) is 4.06. The Balaban J connectivity index is 2.01. The summed E-state index contributed by atoms with van der Waals surface area (Å²) in [6.45, 7) is -0.367. The van der Waals surface area contributed by atoms with Crippen LogP contribution in [0, 0.1) is 5.82 Å². The van der Waals surface area contributed by atoms with Crippen LogP contribution in [0.15, 0.2) is 35.6 Å². The minimum absolute atomic E-state index is 0.0327. The van der Waals surface area contributed by atoms with Crippen LogP contribution in [-0.4, -0.2) is 31.0 Å². The van der Waals surface area contributed by atoms with Crippen LogP contribution in [-0.2, 0) is 19.2 Å². The molecule has 0 amide bonds. The Kier molecular flexibility index (Phi) is 4.60. The number of H-pyrrole nitrogens is 1. The Morgan fingerprint density at radius 2 is 2.00 bits per heavy atom. The van der Waals surface area contributed by atoms with Crippen molar-refractivity contribution >= 4 is 16.9 Å². The fraction of sp³-hybridized carbons (Fsp3) is 0.188. The van der Waals surface area contributed by atoms with Crippen LogP contribution >= 0.6 is 0 Å². The van der Waals surface area contributed by atoms with Gasteiger partial charge >= 0.3 is 6.18 Å². The standard InChI is InChI=1S/C16H12F4N4O2/c17-11-2-1-8(5-10(11)16(18,19)20)6-12(24-26)9-3-4-21-15-14(9)22-13(7-25)23-15/h1-5,25-26H,6-7H2,(H,21,22,23)/b24-12+. The molecule has 136 valence electrons. The Bertz CT molecular complexity index is 982. The molecule has 0 aliphatic carbocycles. The monoisotopic (exact) mass is 368 g/mol. The van der Waals surface area contributed by atoms with Crippen molar-refractivity contribution in [3.8, 4) is 0 Å². The van der Waals surface area contributed by atoms with Gasteiger partial charge in [0.1, 0.15) is 18.2 Å². The third-order valence-electron chi connectivity index (χ3n) is 3.73. The summed E-state index contributed by atoms with van der Waals surface area (Å²) in [5, 5.41) is 21.6. The molecule has 0 unspecified atom stereocenters. The number of aliphatic hydroxyl groups excluding tert-OH is 1. The maximum absolute atomic E-state index is 13.4. The largest absolute Gasteiger partial charge is 0.419 e. The first kappa shape index (κ1) is 17.8. The molecule has 1 aromatic carbocycles. The average molecular weight is 368 g/mol. The third-order valence-corrected chi connectivity index (χ3v) is 3.73. The molecule has 0 bridgehead atoms. The predicted molar refractivity (Wildman–Crippen MR) is 83.2 cm³/mol. The first-order valence-corrected chi connectivity index (χ1v) is 7.35. The zero-order valence-electron chi connectivity index (χ0n) is 13.0. The van der Waals surface area contributed by atoms with Gasteiger partial charge in [-0.2, -0.15) is 13.2 Å². The van der Waals surface area contributed by atoms with E-state index in [1.807, 2.05) is 0 Å². The van der Waals surface area contributed by atoms with E-state index in [1.54, 1.807) is 0 Å². The van der Waals surface area contributed by atoms with E-state index < -0.39 is 17.6 Å². The summed E-state index contributed by atoms with van der Waals surface area (Å²) in [6.07, 6.45) is -3.64. The summed E-state index contributed by atoms with van der Waals surface area (Å²) in [4.78, 5) is 10.8. The van der Waals surface area contributed by atoms with Crippen molar-refractivity contribution in [1.82, 2.24) is 15.0 Å². The molecular formula is C16H12F4N4O2. The van der Waals surface area contributed by atoms with Gasteiger partial charge in [0.2, 0.25) is 0 Å². The molecule has 0 spiro atoms. The topological polar surface area (TPSA) is 94.4 Å². The number of rotatable bonds is 4. The molecule has 3 N–H and O–H groups in total. The van der Waals surface area contributed by atoms with Gasteiger partial charge in [-0.15, -0.1) is 0 Å². The van der Waals surface area contributed by atoms with Gasteiger partial charge < -0.3 is 15.3 Å². The van der Waals surface area contributed by atoms with Crippen molar-refractivity contribution in [3.05, 3.63) is 58.8 Å². The van der Waals surface area contributed by atoms with E-state index in [-0.39, 0.29) is 35.8 Å². The summed E-state index contributed by atoms with van der Waals surface area (Å²) < 4.78 is 52.0. The number of hydrogen-bond donors (Lipinski definition) is 3. The molecule has 2 aromatic heterocycles. The molecule has 6 nitrogen and oxygen atoms in total. The van der Waals surface area contributed by atoms with E-state index in [9.17, 15) is 22.8 Å². The summed E-state index contributed by atoms with van der Waals surface area (Å²) in [5.41, 5.74) is -0.284. The number of fused-ring (bicyclic) bond motifs is 1. The highest BCUT2D eigenvalue weighted by Gasteiger charge is 2.34. The maximum atomic E-state index is 13.4. The van der Waals surface area contributed by atoms with Gasteiger partial charge in [0, 0.05) is 18.2 Å². The number of halogens is 4. The second-order valence-electron chi connectivity index (χ2n) is 5.43. The smallest absolute Gasteiger partial charge is 0.411 e. The van der Waals surface area contributed by atoms with Gasteiger partial charge in [-0.25, -0.2) is 14.4 Å². The number of pyridine rings is 1. The molecule has 0 fully saturated rings. The summed E-state index contributed by atoms with van der Waals surface area (Å²) in [5.74, 6) is -1.14. The molecular weight excluding hydrogens is 356 g/mol. The maximum Gasteiger partial charge on any atom is 0.419 e. The summed E-state index contributed by atoms with van der Waals surface area (Å²) >= 11 is 0. The number of nitrogens with zero attached hydrogens (tertiary/aromatic N) is 3. The molecule has 3 aromatic rings. The minimum atomic E-state index is -4.83. The predicted octanol–water partition coefficient (Wildman–Crippen LogP) is 3.03. The zero-order chi connectivity index (χ0) is 18.9. The highest BCUT2D eigenvalue weighted by atomic mass is 19.4. The number of oxime groups is 1. The number of aromatic nitrogens is 3. The number of aliphatic hydroxyl groups is 1. The molecule has 0 saturated carbocycles. The van der Waals surface area contributed by atoms with Crippen LogP contribution in [0.2, 0.25) is 0 Å². The van der Waals surface area contributed by atoms with Gasteiger partial charge in [0.15, 0.2) is 5.65 Å². The quantitative estimate of drug-likeness (QED) is 0.286. The molecule has 0 aliphatic heterocycles. The molecule has 10 heteroatoms. The van der Waals surface area contributed by atoms with Gasteiger partial charge in [0.05, 0.1) is 16.8 Å². The third kappa shape index (κ3) is 3.36. The molecule has 0 radical (unpaired) electrons. The SMILES string of the molecule is OCc1nc2nccc(/C(Cc3ccc(F)c(C(F)(F)F)c3)=N/O)c2[nH]1.